The van der Waals surface area contributed by atoms with Crippen molar-refractivity contribution in [2.45, 2.75) is 6.42 Å². The van der Waals surface area contributed by atoms with Crippen molar-refractivity contribution in [3.8, 4) is 11.5 Å². The van der Waals surface area contributed by atoms with Crippen LogP contribution in [0.2, 0.25) is 0 Å². The van der Waals surface area contributed by atoms with Gasteiger partial charge < -0.3 is 14.7 Å². The summed E-state index contributed by atoms with van der Waals surface area (Å²) in [6.07, 6.45) is 1.15. The topological polar surface area (TPSA) is 134 Å². The number of carbonyl (C=O) groups excluding carboxylic acids is 2. The molecule has 2 amide bonds. The van der Waals surface area contributed by atoms with Gasteiger partial charge in [-0.15, -0.1) is 0 Å². The van der Waals surface area contributed by atoms with Crippen molar-refractivity contribution in [1.29, 1.82) is 0 Å². The smallest absolute Gasteiger partial charge is 0.270 e. The Morgan fingerprint density at radius 3 is 2.72 bits per heavy atom. The van der Waals surface area contributed by atoms with Crippen LogP contribution in [0.4, 0.5) is 11.4 Å². The molecule has 0 saturated carbocycles. The molecule has 0 aromatic heterocycles. The number of hydrazone groups is 1. The number of phenolic OH excluding ortho intramolecular Hbond substituents is 1. The maximum atomic E-state index is 12.3. The Bertz CT molecular complexity index is 973. The number of non-ortho nitro benzene ring substituents is 1. The Labute approximate surface area is 165 Å². The number of nitrogens with one attached hydrogen (secondary N) is 1. The number of nitrogens with zero attached hydrogens (tertiary/aromatic N) is 3. The number of methoxy groups -OCH3 is 1. The molecule has 150 valence electrons. The first-order valence-corrected chi connectivity index (χ1v) is 8.64. The molecular weight excluding hydrogens is 380 g/mol. The van der Waals surface area contributed by atoms with Crippen molar-refractivity contribution in [2.75, 3.05) is 18.6 Å². The van der Waals surface area contributed by atoms with Crippen LogP contribution in [0.5, 0.6) is 11.5 Å². The Morgan fingerprint density at radius 2 is 2.07 bits per heavy atom. The Morgan fingerprint density at radius 1 is 1.34 bits per heavy atom. The van der Waals surface area contributed by atoms with E-state index in [2.05, 4.69) is 10.5 Å². The van der Waals surface area contributed by atoms with Crippen LogP contribution in [-0.4, -0.2) is 41.7 Å². The third-order valence-corrected chi connectivity index (χ3v) is 4.48. The average molecular weight is 398 g/mol. The molecule has 0 bridgehead atoms. The summed E-state index contributed by atoms with van der Waals surface area (Å²) in [4.78, 5) is 36.3. The molecule has 3 rings (SSSR count). The highest BCUT2D eigenvalue weighted by atomic mass is 16.6. The monoisotopic (exact) mass is 398 g/mol. The van der Waals surface area contributed by atoms with E-state index in [-0.39, 0.29) is 35.9 Å². The molecule has 2 aromatic carbocycles. The second-order valence-electron chi connectivity index (χ2n) is 6.34. The Balaban J connectivity index is 1.63. The second-order valence-corrected chi connectivity index (χ2v) is 6.34. The van der Waals surface area contributed by atoms with E-state index < -0.39 is 16.7 Å². The molecular formula is C19H18N4O6. The van der Waals surface area contributed by atoms with Crippen molar-refractivity contribution < 1.29 is 24.4 Å². The van der Waals surface area contributed by atoms with Gasteiger partial charge in [0, 0.05) is 36.3 Å². The van der Waals surface area contributed by atoms with E-state index in [9.17, 15) is 24.8 Å². The first-order valence-electron chi connectivity index (χ1n) is 8.64. The van der Waals surface area contributed by atoms with Gasteiger partial charge >= 0.3 is 0 Å². The van der Waals surface area contributed by atoms with Gasteiger partial charge in [0.1, 0.15) is 11.5 Å². The third-order valence-electron chi connectivity index (χ3n) is 4.48. The van der Waals surface area contributed by atoms with Crippen LogP contribution in [0, 0.1) is 16.0 Å². The van der Waals surface area contributed by atoms with Crippen molar-refractivity contribution in [2.24, 2.45) is 11.0 Å². The molecule has 2 aromatic rings. The molecule has 0 aliphatic carbocycles. The van der Waals surface area contributed by atoms with Crippen molar-refractivity contribution in [1.82, 2.24) is 5.43 Å². The number of aromatic hydroxyl groups is 1. The number of anilines is 1. The molecule has 1 aliphatic rings. The van der Waals surface area contributed by atoms with E-state index >= 15 is 0 Å². The average Bonchev–Trinajstić information content (AvgIpc) is 3.11. The van der Waals surface area contributed by atoms with Crippen LogP contribution in [0.15, 0.2) is 47.6 Å². The number of nitro groups is 1. The largest absolute Gasteiger partial charge is 0.507 e. The zero-order chi connectivity index (χ0) is 21.0. The number of phenols is 1. The van der Waals surface area contributed by atoms with Gasteiger partial charge in [0.2, 0.25) is 11.8 Å². The van der Waals surface area contributed by atoms with Gasteiger partial charge in [0.05, 0.1) is 24.2 Å². The van der Waals surface area contributed by atoms with E-state index in [1.807, 2.05) is 0 Å². The molecule has 0 radical (unpaired) electrons. The highest BCUT2D eigenvalue weighted by molar-refractivity contribution is 6.00. The fraction of sp³-hybridized carbons (Fsp3) is 0.211. The summed E-state index contributed by atoms with van der Waals surface area (Å²) in [6.45, 7) is 0.203. The van der Waals surface area contributed by atoms with Crippen LogP contribution in [0.3, 0.4) is 0 Å². The lowest BCUT2D eigenvalue weighted by Crippen LogP contribution is -2.30. The summed E-state index contributed by atoms with van der Waals surface area (Å²) in [5, 5.41) is 24.3. The normalized spacial score (nSPS) is 16.2. The molecule has 0 spiro atoms. The van der Waals surface area contributed by atoms with Gasteiger partial charge in [0.25, 0.3) is 5.69 Å². The Kier molecular flexibility index (Phi) is 5.72. The lowest BCUT2D eigenvalue weighted by molar-refractivity contribution is -0.384. The zero-order valence-corrected chi connectivity index (χ0v) is 15.4. The SMILES string of the molecule is COc1ccc(N2C[C@@H](C(=O)N/N=C\c3cc([N+](=O)[O-])ccc3O)CC2=O)cc1. The highest BCUT2D eigenvalue weighted by Gasteiger charge is 2.35. The summed E-state index contributed by atoms with van der Waals surface area (Å²) >= 11 is 0. The van der Waals surface area contributed by atoms with Gasteiger partial charge in [-0.1, -0.05) is 0 Å². The molecule has 1 fully saturated rings. The molecule has 10 nitrogen and oxygen atoms in total. The fourth-order valence-corrected chi connectivity index (χ4v) is 2.91. The van der Waals surface area contributed by atoms with Gasteiger partial charge in [-0.2, -0.15) is 5.10 Å². The number of rotatable bonds is 6. The third kappa shape index (κ3) is 4.49. The van der Waals surface area contributed by atoms with E-state index in [0.717, 1.165) is 18.3 Å². The predicted molar refractivity (Wildman–Crippen MR) is 104 cm³/mol. The van der Waals surface area contributed by atoms with Gasteiger partial charge in [-0.3, -0.25) is 19.7 Å². The lowest BCUT2D eigenvalue weighted by atomic mass is 10.1. The van der Waals surface area contributed by atoms with Gasteiger partial charge in [-0.25, -0.2) is 5.43 Å². The quantitative estimate of drug-likeness (QED) is 0.433. The first-order chi connectivity index (χ1) is 13.9. The lowest BCUT2D eigenvalue weighted by Gasteiger charge is -2.16. The van der Waals surface area contributed by atoms with Crippen LogP contribution < -0.4 is 15.1 Å². The van der Waals surface area contributed by atoms with E-state index in [1.165, 1.54) is 11.0 Å². The highest BCUT2D eigenvalue weighted by Crippen LogP contribution is 2.27. The maximum Gasteiger partial charge on any atom is 0.270 e. The Hall–Kier alpha value is -3.95. The summed E-state index contributed by atoms with van der Waals surface area (Å²) in [5.41, 5.74) is 2.84. The number of hydrogen-bond acceptors (Lipinski definition) is 7. The van der Waals surface area contributed by atoms with E-state index in [0.29, 0.717) is 11.4 Å². The molecule has 10 heteroatoms. The zero-order valence-electron chi connectivity index (χ0n) is 15.4. The van der Waals surface area contributed by atoms with Gasteiger partial charge in [0.15, 0.2) is 0 Å². The number of hydrogen-bond donors (Lipinski definition) is 2. The molecule has 0 unspecified atom stereocenters. The molecule has 2 N–H and O–H groups in total. The minimum Gasteiger partial charge on any atom is -0.507 e. The summed E-state index contributed by atoms with van der Waals surface area (Å²) in [5.74, 6) is -0.796. The van der Waals surface area contributed by atoms with Crippen molar-refractivity contribution in [3.05, 3.63) is 58.1 Å². The number of benzene rings is 2. The second kappa shape index (κ2) is 8.38. The van der Waals surface area contributed by atoms with Gasteiger partial charge in [-0.05, 0) is 30.3 Å². The van der Waals surface area contributed by atoms with Crippen molar-refractivity contribution >= 4 is 29.4 Å². The number of nitro benzene ring substituents is 1. The standard InChI is InChI=1S/C19H18N4O6/c1-29-16-5-2-14(3-6-16)22-11-13(9-18(22)25)19(26)21-20-10-12-8-15(23(27)28)4-7-17(12)24/h2-8,10,13,24H,9,11H2,1H3,(H,21,26)/b20-10-/t13-/m0/s1. The molecule has 1 heterocycles. The van der Waals surface area contributed by atoms with Crippen LogP contribution in [-0.2, 0) is 9.59 Å². The summed E-state index contributed by atoms with van der Waals surface area (Å²) in [7, 11) is 1.55. The number of ether oxygens (including phenoxy) is 1. The first kappa shape index (κ1) is 19.8. The molecule has 29 heavy (non-hydrogen) atoms. The van der Waals surface area contributed by atoms with Crippen LogP contribution in [0.1, 0.15) is 12.0 Å². The predicted octanol–water partition coefficient (Wildman–Crippen LogP) is 1.81. The number of amides is 2. The van der Waals surface area contributed by atoms with E-state index in [1.54, 1.807) is 31.4 Å². The minimum atomic E-state index is -0.604. The summed E-state index contributed by atoms with van der Waals surface area (Å²) < 4.78 is 5.09. The van der Waals surface area contributed by atoms with Crippen molar-refractivity contribution in [3.63, 3.8) is 0 Å². The molecule has 1 aliphatic heterocycles. The van der Waals surface area contributed by atoms with Crippen LogP contribution in [0.25, 0.3) is 0 Å². The number of carbonyl (C=O) groups is 2. The maximum absolute atomic E-state index is 12.3. The molecule has 1 saturated heterocycles. The summed E-state index contributed by atoms with van der Waals surface area (Å²) in [6, 6.07) is 10.4. The minimum absolute atomic E-state index is 0.0371. The molecule has 1 atom stereocenters. The fourth-order valence-electron chi connectivity index (χ4n) is 2.91. The van der Waals surface area contributed by atoms with Crippen LogP contribution >= 0.6 is 0 Å². The van der Waals surface area contributed by atoms with E-state index in [4.69, 9.17) is 4.74 Å².